The molecule has 0 bridgehead atoms. The van der Waals surface area contributed by atoms with E-state index in [1.165, 1.54) is 153 Å². The highest BCUT2D eigenvalue weighted by Crippen LogP contribution is 2.57. The van der Waals surface area contributed by atoms with E-state index in [4.69, 9.17) is 0 Å². The Morgan fingerprint density at radius 2 is 0.632 bits per heavy atom. The largest absolute Gasteiger partial charge is 0.0616 e. The molecular weight excluding hydrogens is 913 g/mol. The third-order valence-electron chi connectivity index (χ3n) is 17.4. The van der Waals surface area contributed by atoms with Crippen molar-refractivity contribution in [2.75, 3.05) is 0 Å². The summed E-state index contributed by atoms with van der Waals surface area (Å²) in [6.45, 7) is 42.7. The minimum Gasteiger partial charge on any atom is -0.0616 e. The summed E-state index contributed by atoms with van der Waals surface area (Å²) >= 11 is 0. The first kappa shape index (κ1) is 50.1. The molecule has 0 saturated heterocycles. The second kappa shape index (κ2) is 16.4. The van der Waals surface area contributed by atoms with Crippen molar-refractivity contribution in [1.82, 2.24) is 0 Å². The first-order valence-corrected chi connectivity index (χ1v) is 28.2. The lowest BCUT2D eigenvalue weighted by Gasteiger charge is -2.28. The average molecular weight is 991 g/mol. The van der Waals surface area contributed by atoms with Gasteiger partial charge in [0.2, 0.25) is 0 Å². The van der Waals surface area contributed by atoms with Gasteiger partial charge in [-0.1, -0.05) is 258 Å². The molecule has 0 aliphatic carbocycles. The molecule has 0 radical (unpaired) electrons. The molecule has 0 unspecified atom stereocenters. The highest BCUT2D eigenvalue weighted by atomic mass is 14.3. The van der Waals surface area contributed by atoms with E-state index in [2.05, 4.69) is 270 Å². The van der Waals surface area contributed by atoms with Crippen LogP contribution in [-0.4, -0.2) is 0 Å². The molecule has 382 valence electrons. The molecular formula is C76H78. The normalized spacial score (nSPS) is 13.7. The molecule has 0 fully saturated rings. The lowest BCUT2D eigenvalue weighted by Crippen LogP contribution is -2.16. The predicted octanol–water partition coefficient (Wildman–Crippen LogP) is 22.6. The summed E-state index contributed by atoms with van der Waals surface area (Å²) in [5.74, 6) is 0. The van der Waals surface area contributed by atoms with Gasteiger partial charge in [0, 0.05) is 0 Å². The molecule has 0 heterocycles. The van der Waals surface area contributed by atoms with E-state index in [1.54, 1.807) is 0 Å². The molecule has 0 atom stereocenters. The van der Waals surface area contributed by atoms with Crippen molar-refractivity contribution in [3.63, 3.8) is 0 Å². The van der Waals surface area contributed by atoms with E-state index >= 15 is 0 Å². The molecule has 0 nitrogen and oxygen atoms in total. The van der Waals surface area contributed by atoms with Crippen LogP contribution in [0.15, 0.2) is 146 Å². The highest BCUT2D eigenvalue weighted by molar-refractivity contribution is 6.45. The van der Waals surface area contributed by atoms with Gasteiger partial charge in [-0.3, -0.25) is 0 Å². The van der Waals surface area contributed by atoms with E-state index < -0.39 is 0 Å². The van der Waals surface area contributed by atoms with Gasteiger partial charge in [-0.2, -0.15) is 0 Å². The van der Waals surface area contributed by atoms with Crippen LogP contribution in [0.25, 0.3) is 120 Å². The number of benzene rings is 10. The van der Waals surface area contributed by atoms with Gasteiger partial charge in [0.05, 0.1) is 0 Å². The van der Waals surface area contributed by atoms with Gasteiger partial charge in [0.15, 0.2) is 0 Å². The van der Waals surface area contributed by atoms with Crippen LogP contribution in [-0.2, 0) is 32.5 Å². The van der Waals surface area contributed by atoms with Gasteiger partial charge in [-0.05, 0) is 198 Å². The van der Waals surface area contributed by atoms with E-state index in [0.29, 0.717) is 0 Å². The van der Waals surface area contributed by atoms with Crippen LogP contribution < -0.4 is 0 Å². The smallest absolute Gasteiger partial charge is 0.000719 e. The summed E-state index contributed by atoms with van der Waals surface area (Å²) in [7, 11) is 0. The molecule has 0 spiro atoms. The van der Waals surface area contributed by atoms with Crippen LogP contribution in [0.2, 0.25) is 0 Å². The second-order valence-electron chi connectivity index (χ2n) is 29.1. The third-order valence-corrected chi connectivity index (χ3v) is 17.4. The summed E-state index contributed by atoms with van der Waals surface area (Å²) in [4.78, 5) is 0. The quantitative estimate of drug-likeness (QED) is 0.155. The first-order valence-electron chi connectivity index (χ1n) is 28.2. The fourth-order valence-corrected chi connectivity index (χ4v) is 12.8. The summed E-state index contributed by atoms with van der Waals surface area (Å²) in [6, 6.07) is 58.5. The highest BCUT2D eigenvalue weighted by Gasteiger charge is 2.31. The monoisotopic (exact) mass is 991 g/mol. The lowest BCUT2D eigenvalue weighted by atomic mass is 9.76. The van der Waals surface area contributed by atoms with Crippen molar-refractivity contribution < 1.29 is 0 Å². The summed E-state index contributed by atoms with van der Waals surface area (Å²) in [6.07, 6.45) is 0. The van der Waals surface area contributed by atoms with Crippen LogP contribution in [0.5, 0.6) is 0 Å². The topological polar surface area (TPSA) is 0 Å². The van der Waals surface area contributed by atoms with Crippen LogP contribution >= 0.6 is 0 Å². The van der Waals surface area contributed by atoms with Crippen molar-refractivity contribution in [1.29, 1.82) is 0 Å². The molecule has 0 aliphatic heterocycles. The molecule has 0 heteroatoms. The van der Waals surface area contributed by atoms with E-state index in [0.717, 1.165) is 0 Å². The fraction of sp³-hybridized carbons (Fsp3) is 0.316. The Hall–Kier alpha value is -6.76. The minimum absolute atomic E-state index is 0.00821. The molecule has 0 aromatic heterocycles. The lowest BCUT2D eigenvalue weighted by molar-refractivity contribution is 0.568. The maximum atomic E-state index is 2.62. The van der Waals surface area contributed by atoms with E-state index in [-0.39, 0.29) is 32.5 Å². The number of hydrogen-bond acceptors (Lipinski definition) is 0. The molecule has 0 aliphatic rings. The van der Waals surface area contributed by atoms with Gasteiger partial charge in [0.1, 0.15) is 0 Å². The minimum atomic E-state index is -0.0756. The zero-order chi connectivity index (χ0) is 54.1. The maximum Gasteiger partial charge on any atom is -0.000719 e. The van der Waals surface area contributed by atoms with Gasteiger partial charge < -0.3 is 0 Å². The zero-order valence-electron chi connectivity index (χ0n) is 48.9. The summed E-state index contributed by atoms with van der Waals surface area (Å²) < 4.78 is 0. The number of fused-ring (bicyclic) bond motifs is 9. The fourth-order valence-electron chi connectivity index (χ4n) is 12.8. The third kappa shape index (κ3) is 7.82. The van der Waals surface area contributed by atoms with Crippen LogP contribution in [0.1, 0.15) is 158 Å². The van der Waals surface area contributed by atoms with E-state index in [9.17, 15) is 0 Å². The Bertz CT molecular complexity index is 4290. The Kier molecular flexibility index (Phi) is 10.8. The molecule has 0 saturated carbocycles. The number of rotatable bonds is 3. The predicted molar refractivity (Wildman–Crippen MR) is 337 cm³/mol. The van der Waals surface area contributed by atoms with Gasteiger partial charge in [-0.15, -0.1) is 0 Å². The maximum absolute atomic E-state index is 2.62. The first-order chi connectivity index (χ1) is 35.5. The van der Waals surface area contributed by atoms with Crippen molar-refractivity contribution in [2.45, 2.75) is 157 Å². The Morgan fingerprint density at radius 3 is 1.17 bits per heavy atom. The summed E-state index contributed by atoms with van der Waals surface area (Å²) in [5, 5.41) is 21.3. The molecule has 0 amide bonds. The molecule has 12 rings (SSSR count). The average Bonchev–Trinajstić information content (AvgIpc) is 4.07. The Morgan fingerprint density at radius 1 is 0.211 bits per heavy atom. The second-order valence-corrected chi connectivity index (χ2v) is 29.1. The van der Waals surface area contributed by atoms with Crippen molar-refractivity contribution >= 4 is 86.2 Å². The van der Waals surface area contributed by atoms with Crippen molar-refractivity contribution in [3.8, 4) is 33.4 Å². The Labute approximate surface area is 453 Å². The van der Waals surface area contributed by atoms with E-state index in [1.807, 2.05) is 0 Å². The zero-order valence-corrected chi connectivity index (χ0v) is 48.9. The molecule has 12 aromatic rings. The van der Waals surface area contributed by atoms with Gasteiger partial charge in [0.25, 0.3) is 0 Å². The molecule has 0 N–H and O–H groups in total. The van der Waals surface area contributed by atoms with Gasteiger partial charge in [-0.25, -0.2) is 0 Å². The summed E-state index contributed by atoms with van der Waals surface area (Å²) in [5.41, 5.74) is 15.7. The number of hydrogen-bond donors (Lipinski definition) is 0. The van der Waals surface area contributed by atoms with Crippen LogP contribution in [0.3, 0.4) is 0 Å². The molecule has 76 heavy (non-hydrogen) atoms. The van der Waals surface area contributed by atoms with Crippen LogP contribution in [0.4, 0.5) is 0 Å². The standard InChI is InChI=1S/C76H78/c1-71(2,3)46-30-29-43-33-51(76(16,17)18)41-61(60(43)40-46)54-31-32-59-66-56(54)26-22-28-58(66)70-65(45-36-49(74(10,11)12)39-50(37-45)75(13,14)15)68-57-27-21-25-55-52-23-19-20-24-53(52)62(67(55)57)42-63(68)64(69(59)70)44-34-47(72(4,5)6)38-48(35-44)73(7,8)9/h19-42H,1-18H3. The van der Waals surface area contributed by atoms with Crippen molar-refractivity contribution in [3.05, 3.63) is 179 Å². The molecule has 12 aromatic carbocycles. The van der Waals surface area contributed by atoms with Gasteiger partial charge >= 0.3 is 0 Å². The Balaban J connectivity index is 1.37. The van der Waals surface area contributed by atoms with Crippen molar-refractivity contribution in [2.24, 2.45) is 0 Å². The van der Waals surface area contributed by atoms with Crippen LogP contribution in [0, 0.1) is 0 Å². The SMILES string of the molecule is CC(C)(C)c1cc(-c2c3cc4c5ccccc5c5cccc(c3c(-c3cc(C(C)(C)C)cc(C(C)(C)C)c3)c3c6cccc7c(-c8cc(C(C)(C)C)cc9ccc(C(C)(C)C)cc89)ccc(c23)c76)c54)cc(C(C)(C)C)c1.